The van der Waals surface area contributed by atoms with Crippen molar-refractivity contribution in [2.45, 2.75) is 64.2 Å². The van der Waals surface area contributed by atoms with E-state index >= 15 is 0 Å². The van der Waals surface area contributed by atoms with Crippen molar-refractivity contribution in [3.8, 4) is 0 Å². The van der Waals surface area contributed by atoms with Gasteiger partial charge >= 0.3 is 0 Å². The molecule has 0 heterocycles. The van der Waals surface area contributed by atoms with Crippen LogP contribution in [0.1, 0.15) is 39.0 Å². The summed E-state index contributed by atoms with van der Waals surface area (Å²) < 4.78 is 0. The van der Waals surface area contributed by atoms with E-state index in [-0.39, 0.29) is 17.2 Å². The van der Waals surface area contributed by atoms with Gasteiger partial charge in [0, 0.05) is 17.9 Å². The Hall–Kier alpha value is -0.443. The lowest BCUT2D eigenvalue weighted by atomic mass is 9.84. The molecule has 0 aromatic rings. The largest absolute Gasteiger partial charge is 0.300 e. The van der Waals surface area contributed by atoms with Gasteiger partial charge in [-0.25, -0.2) is 0 Å². The summed E-state index contributed by atoms with van der Waals surface area (Å²) >= 11 is 0. The molecule has 0 saturated heterocycles. The van der Waals surface area contributed by atoms with Crippen LogP contribution in [-0.4, -0.2) is 19.6 Å². The van der Waals surface area contributed by atoms with Crippen LogP contribution in [0.15, 0.2) is 0 Å². The number of Topliss-reactive ketones (excluding diaryl/α,β-unsaturated/α-hetero) is 2. The van der Waals surface area contributed by atoms with Gasteiger partial charge in [0.25, 0.3) is 0 Å². The van der Waals surface area contributed by atoms with Gasteiger partial charge < -0.3 is 4.79 Å². The second-order valence-corrected chi connectivity index (χ2v) is 11.6. The molecule has 0 aromatic heterocycles. The van der Waals surface area contributed by atoms with E-state index in [1.165, 1.54) is 0 Å². The van der Waals surface area contributed by atoms with Gasteiger partial charge in [0.15, 0.2) is 0 Å². The second-order valence-electron chi connectivity index (χ2n) is 6.17. The van der Waals surface area contributed by atoms with Gasteiger partial charge in [0.2, 0.25) is 0 Å². The molecule has 0 N–H and O–H groups in total. The van der Waals surface area contributed by atoms with Crippen LogP contribution in [0.25, 0.3) is 0 Å². The highest BCUT2D eigenvalue weighted by Crippen LogP contribution is 2.34. The minimum Gasteiger partial charge on any atom is -0.300 e. The molecule has 2 atom stereocenters. The fraction of sp³-hybridized carbons (Fsp3) is 0.846. The average molecular weight is 240 g/mol. The standard InChI is InChI=1S/C13H24O2Si/c1-10(14)13(16(2,3)4)9-11-7-5-6-8-12(11)15/h11,13H,5-9H2,1-4H3. The smallest absolute Gasteiger partial charge is 0.135 e. The van der Waals surface area contributed by atoms with Gasteiger partial charge in [-0.15, -0.1) is 0 Å². The monoisotopic (exact) mass is 240 g/mol. The summed E-state index contributed by atoms with van der Waals surface area (Å²) in [6, 6.07) is 0. The Labute approximate surface area is 99.8 Å². The molecule has 2 nitrogen and oxygen atoms in total. The maximum Gasteiger partial charge on any atom is 0.135 e. The molecule has 92 valence electrons. The Morgan fingerprint density at radius 2 is 2.00 bits per heavy atom. The van der Waals surface area contributed by atoms with Crippen LogP contribution in [0.3, 0.4) is 0 Å². The van der Waals surface area contributed by atoms with Crippen LogP contribution in [0.2, 0.25) is 25.2 Å². The zero-order valence-electron chi connectivity index (χ0n) is 11.0. The molecule has 0 amide bonds. The normalized spacial score (nSPS) is 24.2. The second kappa shape index (κ2) is 5.26. The predicted molar refractivity (Wildman–Crippen MR) is 69.4 cm³/mol. The summed E-state index contributed by atoms with van der Waals surface area (Å²) in [5, 5.41) is 0. The van der Waals surface area contributed by atoms with Crippen LogP contribution in [-0.2, 0) is 9.59 Å². The first-order valence-electron chi connectivity index (χ1n) is 6.35. The van der Waals surface area contributed by atoms with E-state index in [2.05, 4.69) is 19.6 Å². The Balaban J connectivity index is 2.68. The lowest BCUT2D eigenvalue weighted by Gasteiger charge is -2.31. The molecule has 1 rings (SSSR count). The van der Waals surface area contributed by atoms with Crippen molar-refractivity contribution in [3.63, 3.8) is 0 Å². The van der Waals surface area contributed by atoms with Gasteiger partial charge in [0.1, 0.15) is 11.6 Å². The van der Waals surface area contributed by atoms with Crippen LogP contribution in [0.5, 0.6) is 0 Å². The predicted octanol–water partition coefficient (Wildman–Crippen LogP) is 3.43. The lowest BCUT2D eigenvalue weighted by molar-refractivity contribution is -0.125. The van der Waals surface area contributed by atoms with Crippen LogP contribution >= 0.6 is 0 Å². The zero-order valence-corrected chi connectivity index (χ0v) is 12.0. The SMILES string of the molecule is CC(=O)C(CC1CCCCC1=O)[Si](C)(C)C. The first kappa shape index (κ1) is 13.6. The van der Waals surface area contributed by atoms with Crippen molar-refractivity contribution in [1.82, 2.24) is 0 Å². The number of hydrogen-bond acceptors (Lipinski definition) is 2. The molecule has 3 heteroatoms. The van der Waals surface area contributed by atoms with Gasteiger partial charge in [-0.05, 0) is 26.2 Å². The Morgan fingerprint density at radius 3 is 2.44 bits per heavy atom. The number of rotatable bonds is 4. The maximum absolute atomic E-state index is 11.8. The number of carbonyl (C=O) groups is 2. The molecule has 0 aliphatic heterocycles. The molecule has 0 bridgehead atoms. The Kier molecular flexibility index (Phi) is 4.48. The third kappa shape index (κ3) is 3.54. The van der Waals surface area contributed by atoms with Crippen molar-refractivity contribution >= 4 is 19.6 Å². The van der Waals surface area contributed by atoms with E-state index in [1.54, 1.807) is 6.92 Å². The van der Waals surface area contributed by atoms with Crippen LogP contribution < -0.4 is 0 Å². The minimum atomic E-state index is -1.47. The first-order chi connectivity index (χ1) is 7.32. The fourth-order valence-corrected chi connectivity index (χ4v) is 4.93. The van der Waals surface area contributed by atoms with Gasteiger partial charge in [-0.1, -0.05) is 26.1 Å². The molecule has 1 aliphatic carbocycles. The summed E-state index contributed by atoms with van der Waals surface area (Å²) in [6.45, 7) is 8.38. The summed E-state index contributed by atoms with van der Waals surface area (Å²) in [5.74, 6) is 0.864. The summed E-state index contributed by atoms with van der Waals surface area (Å²) in [7, 11) is -1.47. The van der Waals surface area contributed by atoms with E-state index < -0.39 is 8.07 Å². The molecule has 1 aliphatic rings. The summed E-state index contributed by atoms with van der Waals surface area (Å²) in [4.78, 5) is 23.5. The van der Waals surface area contributed by atoms with Gasteiger partial charge in [-0.3, -0.25) is 4.79 Å². The van der Waals surface area contributed by atoms with Gasteiger partial charge in [-0.2, -0.15) is 0 Å². The maximum atomic E-state index is 11.8. The molecular formula is C13H24O2Si. The van der Waals surface area contributed by atoms with E-state index in [0.29, 0.717) is 5.78 Å². The number of hydrogen-bond donors (Lipinski definition) is 0. The lowest BCUT2D eigenvalue weighted by Crippen LogP contribution is -2.36. The van der Waals surface area contributed by atoms with Crippen LogP contribution in [0.4, 0.5) is 0 Å². The topological polar surface area (TPSA) is 34.1 Å². The van der Waals surface area contributed by atoms with Gasteiger partial charge in [0.05, 0.1) is 8.07 Å². The molecule has 16 heavy (non-hydrogen) atoms. The molecule has 2 unspecified atom stereocenters. The molecule has 1 fully saturated rings. The molecule has 1 saturated carbocycles. The molecule has 0 radical (unpaired) electrons. The van der Waals surface area contributed by atoms with E-state index in [1.807, 2.05) is 0 Å². The zero-order chi connectivity index (χ0) is 12.3. The third-order valence-electron chi connectivity index (χ3n) is 3.74. The van der Waals surface area contributed by atoms with Crippen molar-refractivity contribution < 1.29 is 9.59 Å². The van der Waals surface area contributed by atoms with E-state index in [9.17, 15) is 9.59 Å². The van der Waals surface area contributed by atoms with Crippen molar-refractivity contribution in [3.05, 3.63) is 0 Å². The highest BCUT2D eigenvalue weighted by atomic mass is 28.3. The quantitative estimate of drug-likeness (QED) is 0.705. The van der Waals surface area contributed by atoms with Crippen LogP contribution in [0, 0.1) is 5.92 Å². The van der Waals surface area contributed by atoms with E-state index in [4.69, 9.17) is 0 Å². The minimum absolute atomic E-state index is 0.166. The number of carbonyl (C=O) groups excluding carboxylic acids is 2. The Bertz CT molecular complexity index is 278. The summed E-state index contributed by atoms with van der Waals surface area (Å²) in [6.07, 6.45) is 4.78. The van der Waals surface area contributed by atoms with Crippen molar-refractivity contribution in [2.75, 3.05) is 0 Å². The molecular weight excluding hydrogens is 216 g/mol. The Morgan fingerprint density at radius 1 is 1.38 bits per heavy atom. The third-order valence-corrected chi connectivity index (χ3v) is 6.47. The van der Waals surface area contributed by atoms with Crippen molar-refractivity contribution in [1.29, 1.82) is 0 Å². The average Bonchev–Trinajstić information content (AvgIpc) is 2.14. The highest BCUT2D eigenvalue weighted by molar-refractivity contribution is 6.80. The van der Waals surface area contributed by atoms with E-state index in [0.717, 1.165) is 32.1 Å². The number of ketones is 2. The molecule has 0 spiro atoms. The summed E-state index contributed by atoms with van der Waals surface area (Å²) in [5.41, 5.74) is 0.166. The van der Waals surface area contributed by atoms with Crippen molar-refractivity contribution in [2.24, 2.45) is 5.92 Å². The fourth-order valence-electron chi connectivity index (χ4n) is 2.72. The first-order valence-corrected chi connectivity index (χ1v) is 9.93. The highest BCUT2D eigenvalue weighted by Gasteiger charge is 2.35. The molecule has 0 aromatic carbocycles.